The molecule has 2 aromatic carbocycles. The SMILES string of the molecule is CCOc1cc(C(=O)NCCCc2ccc(N3CCCCC3)cc2)cc(OCC)c1OCC. The third-order valence-corrected chi connectivity index (χ3v) is 5.76. The van der Waals surface area contributed by atoms with E-state index in [1.54, 1.807) is 12.1 Å². The van der Waals surface area contributed by atoms with Crippen LogP contribution in [0, 0.1) is 0 Å². The van der Waals surface area contributed by atoms with Crippen LogP contribution in [0.5, 0.6) is 17.2 Å². The number of nitrogens with zero attached hydrogens (tertiary/aromatic N) is 1. The van der Waals surface area contributed by atoms with Crippen LogP contribution in [0.1, 0.15) is 62.4 Å². The lowest BCUT2D eigenvalue weighted by Crippen LogP contribution is -2.29. The molecule has 33 heavy (non-hydrogen) atoms. The average molecular weight is 455 g/mol. The molecule has 6 nitrogen and oxygen atoms in total. The van der Waals surface area contributed by atoms with Gasteiger partial charge in [0.05, 0.1) is 19.8 Å². The minimum atomic E-state index is -0.139. The predicted molar refractivity (Wildman–Crippen MR) is 133 cm³/mol. The smallest absolute Gasteiger partial charge is 0.251 e. The molecule has 0 saturated carbocycles. The Balaban J connectivity index is 1.54. The fraction of sp³-hybridized carbons (Fsp3) is 0.519. The van der Waals surface area contributed by atoms with Crippen LogP contribution in [0.25, 0.3) is 0 Å². The Bertz CT molecular complexity index is 849. The van der Waals surface area contributed by atoms with E-state index in [0.717, 1.165) is 25.9 Å². The summed E-state index contributed by atoms with van der Waals surface area (Å²) in [5.74, 6) is 1.47. The molecule has 2 aromatic rings. The van der Waals surface area contributed by atoms with E-state index in [1.807, 2.05) is 20.8 Å². The van der Waals surface area contributed by atoms with Crippen molar-refractivity contribution in [1.82, 2.24) is 5.32 Å². The van der Waals surface area contributed by atoms with Crippen molar-refractivity contribution < 1.29 is 19.0 Å². The number of ether oxygens (including phenoxy) is 3. The van der Waals surface area contributed by atoms with Crippen molar-refractivity contribution in [2.24, 2.45) is 0 Å². The molecule has 0 spiro atoms. The monoisotopic (exact) mass is 454 g/mol. The molecule has 0 bridgehead atoms. The summed E-state index contributed by atoms with van der Waals surface area (Å²) in [5.41, 5.74) is 3.12. The Morgan fingerprint density at radius 1 is 0.879 bits per heavy atom. The van der Waals surface area contributed by atoms with Crippen LogP contribution < -0.4 is 24.4 Å². The van der Waals surface area contributed by atoms with Crippen LogP contribution in [-0.2, 0) is 6.42 Å². The standard InChI is InChI=1S/C27H38N2O4/c1-4-31-24-19-22(20-25(32-5-2)26(24)33-6-3)27(30)28-16-10-11-21-12-14-23(15-13-21)29-17-8-7-9-18-29/h12-15,19-20H,4-11,16-18H2,1-3H3,(H,28,30). The summed E-state index contributed by atoms with van der Waals surface area (Å²) in [4.78, 5) is 15.3. The van der Waals surface area contributed by atoms with Crippen molar-refractivity contribution >= 4 is 11.6 Å². The zero-order valence-electron chi connectivity index (χ0n) is 20.3. The fourth-order valence-electron chi connectivity index (χ4n) is 4.14. The maximum atomic E-state index is 12.8. The number of hydrogen-bond acceptors (Lipinski definition) is 5. The molecule has 6 heteroatoms. The van der Waals surface area contributed by atoms with Gasteiger partial charge in [-0.1, -0.05) is 12.1 Å². The van der Waals surface area contributed by atoms with Crippen LogP contribution in [0.3, 0.4) is 0 Å². The van der Waals surface area contributed by atoms with E-state index in [1.165, 1.54) is 30.5 Å². The topological polar surface area (TPSA) is 60.0 Å². The van der Waals surface area contributed by atoms with E-state index >= 15 is 0 Å². The van der Waals surface area contributed by atoms with Crippen molar-refractivity contribution in [1.29, 1.82) is 0 Å². The predicted octanol–water partition coefficient (Wildman–Crippen LogP) is 5.24. The van der Waals surface area contributed by atoms with Gasteiger partial charge in [0.25, 0.3) is 5.91 Å². The van der Waals surface area contributed by atoms with Crippen LogP contribution >= 0.6 is 0 Å². The van der Waals surface area contributed by atoms with Crippen molar-refractivity contribution in [2.75, 3.05) is 44.4 Å². The number of anilines is 1. The lowest BCUT2D eigenvalue weighted by Gasteiger charge is -2.28. The highest BCUT2D eigenvalue weighted by Crippen LogP contribution is 2.39. The highest BCUT2D eigenvalue weighted by atomic mass is 16.5. The number of carbonyl (C=O) groups excluding carboxylic acids is 1. The largest absolute Gasteiger partial charge is 0.490 e. The number of hydrogen-bond donors (Lipinski definition) is 1. The maximum absolute atomic E-state index is 12.8. The van der Waals surface area contributed by atoms with Gasteiger partial charge in [0.15, 0.2) is 11.5 Å². The first kappa shape index (κ1) is 24.7. The lowest BCUT2D eigenvalue weighted by molar-refractivity contribution is 0.0952. The zero-order chi connectivity index (χ0) is 23.5. The van der Waals surface area contributed by atoms with E-state index in [0.29, 0.717) is 49.2 Å². The summed E-state index contributed by atoms with van der Waals surface area (Å²) in [6, 6.07) is 12.3. The molecule has 0 aliphatic carbocycles. The second kappa shape index (κ2) is 13.0. The highest BCUT2D eigenvalue weighted by Gasteiger charge is 2.18. The molecule has 1 amide bonds. The number of benzene rings is 2. The molecule has 1 aliphatic heterocycles. The Morgan fingerprint density at radius 3 is 2.06 bits per heavy atom. The van der Waals surface area contributed by atoms with Crippen LogP contribution in [0.15, 0.2) is 36.4 Å². The van der Waals surface area contributed by atoms with E-state index in [-0.39, 0.29) is 5.91 Å². The highest BCUT2D eigenvalue weighted by molar-refractivity contribution is 5.95. The van der Waals surface area contributed by atoms with Crippen molar-refractivity contribution in [3.05, 3.63) is 47.5 Å². The Kier molecular flexibility index (Phi) is 9.73. The maximum Gasteiger partial charge on any atom is 0.251 e. The Labute approximate surface area is 198 Å². The Morgan fingerprint density at radius 2 is 1.48 bits per heavy atom. The van der Waals surface area contributed by atoms with Crippen molar-refractivity contribution in [3.63, 3.8) is 0 Å². The second-order valence-electron chi connectivity index (χ2n) is 8.17. The third-order valence-electron chi connectivity index (χ3n) is 5.76. The summed E-state index contributed by atoms with van der Waals surface area (Å²) in [6.45, 7) is 10.1. The summed E-state index contributed by atoms with van der Waals surface area (Å²) in [7, 11) is 0. The first-order chi connectivity index (χ1) is 16.2. The average Bonchev–Trinajstić information content (AvgIpc) is 2.84. The molecule has 1 fully saturated rings. The molecule has 3 rings (SSSR count). The van der Waals surface area contributed by atoms with Crippen LogP contribution in [-0.4, -0.2) is 45.4 Å². The van der Waals surface area contributed by atoms with Crippen LogP contribution in [0.2, 0.25) is 0 Å². The molecule has 180 valence electrons. The summed E-state index contributed by atoms with van der Waals surface area (Å²) in [6.07, 6.45) is 5.72. The first-order valence-electron chi connectivity index (χ1n) is 12.3. The molecule has 1 heterocycles. The van der Waals surface area contributed by atoms with Crippen molar-refractivity contribution in [2.45, 2.75) is 52.9 Å². The molecule has 0 radical (unpaired) electrons. The van der Waals surface area contributed by atoms with Gasteiger partial charge in [-0.3, -0.25) is 4.79 Å². The molecule has 1 aliphatic rings. The van der Waals surface area contributed by atoms with Gasteiger partial charge >= 0.3 is 0 Å². The minimum absolute atomic E-state index is 0.139. The van der Waals surface area contributed by atoms with E-state index in [4.69, 9.17) is 14.2 Å². The third kappa shape index (κ3) is 7.04. The van der Waals surface area contributed by atoms with Gasteiger partial charge in [0.1, 0.15) is 0 Å². The molecule has 0 atom stereocenters. The van der Waals surface area contributed by atoms with Crippen molar-refractivity contribution in [3.8, 4) is 17.2 Å². The van der Waals surface area contributed by atoms with Gasteiger partial charge in [-0.15, -0.1) is 0 Å². The normalized spacial score (nSPS) is 13.5. The quantitative estimate of drug-likeness (QED) is 0.445. The first-order valence-corrected chi connectivity index (χ1v) is 12.3. The van der Waals surface area contributed by atoms with E-state index in [9.17, 15) is 4.79 Å². The van der Waals surface area contributed by atoms with E-state index < -0.39 is 0 Å². The summed E-state index contributed by atoms with van der Waals surface area (Å²) in [5, 5.41) is 3.02. The molecule has 1 N–H and O–H groups in total. The number of piperidine rings is 1. The fourth-order valence-corrected chi connectivity index (χ4v) is 4.14. The number of nitrogens with one attached hydrogen (secondary N) is 1. The van der Waals surface area contributed by atoms with Gasteiger partial charge < -0.3 is 24.4 Å². The number of amides is 1. The number of rotatable bonds is 12. The van der Waals surface area contributed by atoms with Gasteiger partial charge in [-0.05, 0) is 82.7 Å². The summed E-state index contributed by atoms with van der Waals surface area (Å²) < 4.78 is 17.1. The molecular formula is C27H38N2O4. The van der Waals surface area contributed by atoms with Crippen LogP contribution in [0.4, 0.5) is 5.69 Å². The minimum Gasteiger partial charge on any atom is -0.490 e. The van der Waals surface area contributed by atoms with Gasteiger partial charge in [-0.2, -0.15) is 0 Å². The second-order valence-corrected chi connectivity index (χ2v) is 8.17. The molecular weight excluding hydrogens is 416 g/mol. The lowest BCUT2D eigenvalue weighted by atomic mass is 10.1. The zero-order valence-corrected chi connectivity index (χ0v) is 20.3. The number of carbonyl (C=O) groups is 1. The summed E-state index contributed by atoms with van der Waals surface area (Å²) >= 11 is 0. The van der Waals surface area contributed by atoms with Gasteiger partial charge in [-0.25, -0.2) is 0 Å². The molecule has 0 unspecified atom stereocenters. The molecule has 0 aromatic heterocycles. The number of aryl methyl sites for hydroxylation is 1. The van der Waals surface area contributed by atoms with E-state index in [2.05, 4.69) is 34.5 Å². The van der Waals surface area contributed by atoms with Gasteiger partial charge in [0, 0.05) is 30.9 Å². The van der Waals surface area contributed by atoms with Gasteiger partial charge in [0.2, 0.25) is 5.75 Å². The Hall–Kier alpha value is -2.89. The molecule has 1 saturated heterocycles.